The Morgan fingerprint density at radius 1 is 1.47 bits per heavy atom. The van der Waals surface area contributed by atoms with Crippen molar-refractivity contribution in [2.75, 3.05) is 19.4 Å². The lowest BCUT2D eigenvalue weighted by atomic mass is 10.2. The number of methoxy groups -OCH3 is 1. The Balaban J connectivity index is 3.20. The quantitative estimate of drug-likeness (QED) is 0.609. The summed E-state index contributed by atoms with van der Waals surface area (Å²) in [4.78, 5) is 15.7. The molecule has 0 bridgehead atoms. The van der Waals surface area contributed by atoms with Gasteiger partial charge in [0.2, 0.25) is 0 Å². The van der Waals surface area contributed by atoms with Gasteiger partial charge in [0.25, 0.3) is 0 Å². The van der Waals surface area contributed by atoms with Crippen LogP contribution in [0.2, 0.25) is 0 Å². The predicted molar refractivity (Wildman–Crippen MR) is 49.0 cm³/mol. The Labute approximate surface area is 85.5 Å². The van der Waals surface area contributed by atoms with E-state index in [-0.39, 0.29) is 16.5 Å². The Morgan fingerprint density at radius 2 is 2.13 bits per heavy atom. The molecular formula is C9H10FNO4. The number of nitrogens with zero attached hydrogens (tertiary/aromatic N) is 1. The highest BCUT2D eigenvalue weighted by atomic mass is 19.1. The molecule has 0 saturated carbocycles. The van der Waals surface area contributed by atoms with Crippen molar-refractivity contribution < 1.29 is 24.0 Å². The van der Waals surface area contributed by atoms with E-state index in [0.717, 1.165) is 12.1 Å². The summed E-state index contributed by atoms with van der Waals surface area (Å²) >= 11 is 0. The van der Waals surface area contributed by atoms with Crippen LogP contribution in [0, 0.1) is 5.82 Å². The summed E-state index contributed by atoms with van der Waals surface area (Å²) < 4.78 is 17.3. The third kappa shape index (κ3) is 2.42. The van der Waals surface area contributed by atoms with Crippen molar-refractivity contribution in [3.63, 3.8) is 0 Å². The van der Waals surface area contributed by atoms with Gasteiger partial charge < -0.3 is 4.74 Å². The van der Waals surface area contributed by atoms with Crippen LogP contribution in [0.15, 0.2) is 18.2 Å². The molecule has 5 nitrogen and oxygen atoms in total. The van der Waals surface area contributed by atoms with Gasteiger partial charge in [0.1, 0.15) is 11.5 Å². The molecule has 15 heavy (non-hydrogen) atoms. The highest BCUT2D eigenvalue weighted by molar-refractivity contribution is 5.95. The third-order valence-corrected chi connectivity index (χ3v) is 1.74. The van der Waals surface area contributed by atoms with E-state index in [1.807, 2.05) is 0 Å². The van der Waals surface area contributed by atoms with E-state index in [1.165, 1.54) is 20.3 Å². The van der Waals surface area contributed by atoms with Crippen LogP contribution in [0.5, 0.6) is 0 Å². The maximum Gasteiger partial charge on any atom is 0.340 e. The number of halogens is 1. The molecule has 0 aromatic heterocycles. The van der Waals surface area contributed by atoms with Crippen LogP contribution in [-0.2, 0) is 9.57 Å². The van der Waals surface area contributed by atoms with E-state index >= 15 is 0 Å². The largest absolute Gasteiger partial charge is 0.465 e. The van der Waals surface area contributed by atoms with Crippen LogP contribution in [0.25, 0.3) is 0 Å². The van der Waals surface area contributed by atoms with E-state index in [4.69, 9.17) is 0 Å². The van der Waals surface area contributed by atoms with Gasteiger partial charge in [-0.1, -0.05) is 0 Å². The number of rotatable bonds is 3. The fourth-order valence-corrected chi connectivity index (χ4v) is 1.04. The summed E-state index contributed by atoms with van der Waals surface area (Å²) in [5, 5.41) is 9.50. The maximum atomic E-state index is 12.9. The molecule has 0 amide bonds. The van der Waals surface area contributed by atoms with E-state index < -0.39 is 11.8 Å². The second-order valence-electron chi connectivity index (χ2n) is 2.61. The Morgan fingerprint density at radius 3 is 2.67 bits per heavy atom. The van der Waals surface area contributed by atoms with E-state index in [9.17, 15) is 14.4 Å². The Bertz CT molecular complexity index is 369. The van der Waals surface area contributed by atoms with Crippen LogP contribution in [0.3, 0.4) is 0 Å². The highest BCUT2D eigenvalue weighted by Gasteiger charge is 2.17. The maximum absolute atomic E-state index is 12.9. The lowest BCUT2D eigenvalue weighted by Gasteiger charge is -2.15. The van der Waals surface area contributed by atoms with Crippen molar-refractivity contribution in [1.29, 1.82) is 0 Å². The van der Waals surface area contributed by atoms with E-state index in [1.54, 1.807) is 0 Å². The van der Waals surface area contributed by atoms with Crippen molar-refractivity contribution in [3.05, 3.63) is 29.6 Å². The summed E-state index contributed by atoms with van der Waals surface area (Å²) in [5.74, 6) is -1.30. The van der Waals surface area contributed by atoms with Gasteiger partial charge in [-0.2, -0.15) is 0 Å². The molecule has 0 aliphatic carbocycles. The molecule has 1 aromatic rings. The molecule has 0 heterocycles. The zero-order valence-electron chi connectivity index (χ0n) is 8.23. The molecule has 0 saturated heterocycles. The van der Waals surface area contributed by atoms with Gasteiger partial charge in [0.15, 0.2) is 0 Å². The fourth-order valence-electron chi connectivity index (χ4n) is 1.04. The lowest BCUT2D eigenvalue weighted by molar-refractivity contribution is -0.0118. The molecule has 0 fully saturated rings. The predicted octanol–water partition coefficient (Wildman–Crippen LogP) is 1.37. The molecular weight excluding hydrogens is 205 g/mol. The van der Waals surface area contributed by atoms with Gasteiger partial charge in [-0.25, -0.2) is 9.18 Å². The standard InChI is InChI=1S/C9H10FNO4/c1-14-9(12)7-4-3-6(10)5-8(7)11(13)15-2/h3-5,13H,1-2H3. The average Bonchev–Trinajstić information content (AvgIpc) is 2.26. The number of hydrogen-bond donors (Lipinski definition) is 1. The normalized spacial score (nSPS) is 9.87. The van der Waals surface area contributed by atoms with Crippen LogP contribution >= 0.6 is 0 Å². The molecule has 0 aliphatic heterocycles. The van der Waals surface area contributed by atoms with Crippen molar-refractivity contribution in [2.45, 2.75) is 0 Å². The molecule has 1 rings (SSSR count). The zero-order chi connectivity index (χ0) is 11.4. The zero-order valence-corrected chi connectivity index (χ0v) is 8.23. The summed E-state index contributed by atoms with van der Waals surface area (Å²) in [6, 6.07) is 3.23. The van der Waals surface area contributed by atoms with Gasteiger partial charge >= 0.3 is 5.97 Å². The fraction of sp³-hybridized carbons (Fsp3) is 0.222. The first kappa shape index (κ1) is 11.4. The number of carbonyl (C=O) groups is 1. The topological polar surface area (TPSA) is 59.0 Å². The number of carbonyl (C=O) groups excluding carboxylic acids is 1. The SMILES string of the molecule is COC(=O)c1ccc(F)cc1N(O)OC. The molecule has 1 N–H and O–H groups in total. The second kappa shape index (κ2) is 4.72. The van der Waals surface area contributed by atoms with Crippen LogP contribution in [-0.4, -0.2) is 25.4 Å². The minimum absolute atomic E-state index is 0.00301. The van der Waals surface area contributed by atoms with E-state index in [2.05, 4.69) is 9.57 Å². The molecule has 1 aromatic carbocycles. The van der Waals surface area contributed by atoms with Crippen LogP contribution in [0.4, 0.5) is 10.1 Å². The molecule has 0 spiro atoms. The Hall–Kier alpha value is -1.66. The number of benzene rings is 1. The van der Waals surface area contributed by atoms with Gasteiger partial charge in [0, 0.05) is 6.07 Å². The first-order valence-electron chi connectivity index (χ1n) is 4.01. The van der Waals surface area contributed by atoms with Crippen LogP contribution in [0.1, 0.15) is 10.4 Å². The molecule has 0 radical (unpaired) electrons. The Kier molecular flexibility index (Phi) is 3.59. The number of esters is 1. The number of hydrogen-bond acceptors (Lipinski definition) is 5. The first-order valence-corrected chi connectivity index (χ1v) is 4.01. The van der Waals surface area contributed by atoms with E-state index in [0.29, 0.717) is 0 Å². The molecule has 0 aliphatic rings. The first-order chi connectivity index (χ1) is 7.10. The number of ether oxygens (including phenoxy) is 1. The van der Waals surface area contributed by atoms with Crippen molar-refractivity contribution >= 4 is 11.7 Å². The summed E-state index contributed by atoms with van der Waals surface area (Å²) in [6.45, 7) is 0. The van der Waals surface area contributed by atoms with Gasteiger partial charge in [0.05, 0.1) is 19.8 Å². The minimum Gasteiger partial charge on any atom is -0.465 e. The average molecular weight is 215 g/mol. The van der Waals surface area contributed by atoms with Crippen molar-refractivity contribution in [2.24, 2.45) is 0 Å². The lowest BCUT2D eigenvalue weighted by Crippen LogP contribution is -2.19. The number of anilines is 1. The van der Waals surface area contributed by atoms with Gasteiger partial charge in [-0.15, -0.1) is 5.23 Å². The summed E-state index contributed by atoms with van der Waals surface area (Å²) in [6.07, 6.45) is 0. The molecule has 0 unspecified atom stereocenters. The molecule has 6 heteroatoms. The third-order valence-electron chi connectivity index (χ3n) is 1.74. The summed E-state index contributed by atoms with van der Waals surface area (Å²) in [7, 11) is 2.36. The minimum atomic E-state index is -0.693. The van der Waals surface area contributed by atoms with Crippen LogP contribution < -0.4 is 5.23 Å². The summed E-state index contributed by atoms with van der Waals surface area (Å²) in [5.41, 5.74) is -0.118. The molecule has 82 valence electrons. The van der Waals surface area contributed by atoms with Crippen molar-refractivity contribution in [1.82, 2.24) is 0 Å². The van der Waals surface area contributed by atoms with Gasteiger partial charge in [-0.3, -0.25) is 10.0 Å². The van der Waals surface area contributed by atoms with Crippen molar-refractivity contribution in [3.8, 4) is 0 Å². The smallest absolute Gasteiger partial charge is 0.340 e. The second-order valence-corrected chi connectivity index (χ2v) is 2.61. The molecule has 0 atom stereocenters. The highest BCUT2D eigenvalue weighted by Crippen LogP contribution is 2.21. The van der Waals surface area contributed by atoms with Gasteiger partial charge in [-0.05, 0) is 12.1 Å². The monoisotopic (exact) mass is 215 g/mol.